The smallest absolute Gasteiger partial charge is 0.103 e. The van der Waals surface area contributed by atoms with Crippen LogP contribution in [0.15, 0.2) is 6.07 Å². The van der Waals surface area contributed by atoms with Gasteiger partial charge < -0.3 is 10.0 Å². The predicted molar refractivity (Wildman–Crippen MR) is 70.4 cm³/mol. The van der Waals surface area contributed by atoms with E-state index in [-0.39, 0.29) is 6.61 Å². The number of pyridine rings is 1. The standard InChI is InChI=1S/C14H19N3O/c1-10-7-14(13(8-15)11(2)16-10)17-5-3-12(9-18)4-6-17/h7,12,18H,3-6,9H2,1-2H3. The number of aryl methyl sites for hydroxylation is 2. The highest BCUT2D eigenvalue weighted by molar-refractivity contribution is 5.61. The summed E-state index contributed by atoms with van der Waals surface area (Å²) in [6, 6.07) is 4.25. The second-order valence-electron chi connectivity index (χ2n) is 4.97. The fourth-order valence-electron chi connectivity index (χ4n) is 2.55. The minimum atomic E-state index is 0.271. The van der Waals surface area contributed by atoms with Gasteiger partial charge in [0.25, 0.3) is 0 Å². The second-order valence-corrected chi connectivity index (χ2v) is 4.97. The molecule has 0 aliphatic carbocycles. The van der Waals surface area contributed by atoms with Crippen LogP contribution in [-0.4, -0.2) is 29.8 Å². The zero-order valence-corrected chi connectivity index (χ0v) is 11.0. The normalized spacial score (nSPS) is 16.7. The minimum absolute atomic E-state index is 0.271. The van der Waals surface area contributed by atoms with Crippen molar-refractivity contribution in [2.75, 3.05) is 24.6 Å². The van der Waals surface area contributed by atoms with E-state index >= 15 is 0 Å². The summed E-state index contributed by atoms with van der Waals surface area (Å²) >= 11 is 0. The van der Waals surface area contributed by atoms with E-state index in [4.69, 9.17) is 5.11 Å². The number of nitriles is 1. The van der Waals surface area contributed by atoms with Crippen LogP contribution < -0.4 is 4.90 Å². The molecule has 0 unspecified atom stereocenters. The number of rotatable bonds is 2. The second kappa shape index (κ2) is 5.36. The van der Waals surface area contributed by atoms with Crippen molar-refractivity contribution in [3.8, 4) is 6.07 Å². The molecule has 2 rings (SSSR count). The molecule has 0 amide bonds. The Morgan fingerprint density at radius 1 is 1.44 bits per heavy atom. The number of anilines is 1. The Morgan fingerprint density at radius 3 is 2.67 bits per heavy atom. The Labute approximate surface area is 108 Å². The maximum Gasteiger partial charge on any atom is 0.103 e. The third-order valence-electron chi connectivity index (χ3n) is 3.63. The molecule has 0 aromatic carbocycles. The van der Waals surface area contributed by atoms with Gasteiger partial charge in [0, 0.05) is 25.4 Å². The van der Waals surface area contributed by atoms with Gasteiger partial charge in [-0.3, -0.25) is 4.98 Å². The summed E-state index contributed by atoms with van der Waals surface area (Å²) in [4.78, 5) is 6.58. The van der Waals surface area contributed by atoms with E-state index in [1.807, 2.05) is 19.9 Å². The highest BCUT2D eigenvalue weighted by Gasteiger charge is 2.21. The van der Waals surface area contributed by atoms with Crippen molar-refractivity contribution in [1.82, 2.24) is 4.98 Å². The van der Waals surface area contributed by atoms with E-state index in [0.29, 0.717) is 11.5 Å². The summed E-state index contributed by atoms with van der Waals surface area (Å²) in [5, 5.41) is 18.4. The van der Waals surface area contributed by atoms with Crippen LogP contribution in [0.3, 0.4) is 0 Å². The molecule has 1 aliphatic heterocycles. The van der Waals surface area contributed by atoms with Crippen molar-refractivity contribution in [2.24, 2.45) is 5.92 Å². The number of hydrogen-bond donors (Lipinski definition) is 1. The molecule has 0 radical (unpaired) electrons. The molecule has 0 spiro atoms. The minimum Gasteiger partial charge on any atom is -0.396 e. The molecular weight excluding hydrogens is 226 g/mol. The molecule has 0 bridgehead atoms. The molecule has 0 saturated carbocycles. The Balaban J connectivity index is 2.26. The maximum atomic E-state index is 9.26. The molecule has 1 aromatic rings. The van der Waals surface area contributed by atoms with Gasteiger partial charge in [0.15, 0.2) is 0 Å². The van der Waals surface area contributed by atoms with Crippen LogP contribution in [-0.2, 0) is 0 Å². The van der Waals surface area contributed by atoms with Crippen LogP contribution in [0.1, 0.15) is 29.8 Å². The average Bonchev–Trinajstić information content (AvgIpc) is 2.38. The summed E-state index contributed by atoms with van der Waals surface area (Å²) in [7, 11) is 0. The molecular formula is C14H19N3O. The van der Waals surface area contributed by atoms with Gasteiger partial charge in [0.05, 0.1) is 16.9 Å². The Morgan fingerprint density at radius 2 is 2.11 bits per heavy atom. The van der Waals surface area contributed by atoms with Crippen LogP contribution >= 0.6 is 0 Å². The molecule has 18 heavy (non-hydrogen) atoms. The largest absolute Gasteiger partial charge is 0.396 e. The van der Waals surface area contributed by atoms with Gasteiger partial charge in [-0.25, -0.2) is 0 Å². The van der Waals surface area contributed by atoms with Crippen LogP contribution in [0.5, 0.6) is 0 Å². The molecule has 1 aromatic heterocycles. The van der Waals surface area contributed by atoms with Gasteiger partial charge in [0.1, 0.15) is 6.07 Å². The molecule has 2 heterocycles. The summed E-state index contributed by atoms with van der Waals surface area (Å²) in [6.45, 7) is 5.92. The van der Waals surface area contributed by atoms with Crippen LogP contribution in [0.2, 0.25) is 0 Å². The molecule has 0 atom stereocenters. The average molecular weight is 245 g/mol. The Bertz CT molecular complexity index is 471. The summed E-state index contributed by atoms with van der Waals surface area (Å²) in [6.07, 6.45) is 1.98. The lowest BCUT2D eigenvalue weighted by molar-refractivity contribution is 0.203. The van der Waals surface area contributed by atoms with Crippen molar-refractivity contribution in [2.45, 2.75) is 26.7 Å². The summed E-state index contributed by atoms with van der Waals surface area (Å²) in [5.74, 6) is 0.413. The first-order valence-electron chi connectivity index (χ1n) is 6.40. The van der Waals surface area contributed by atoms with Gasteiger partial charge in [0.2, 0.25) is 0 Å². The van der Waals surface area contributed by atoms with Gasteiger partial charge >= 0.3 is 0 Å². The first-order chi connectivity index (χ1) is 8.65. The first-order valence-corrected chi connectivity index (χ1v) is 6.40. The van der Waals surface area contributed by atoms with Crippen molar-refractivity contribution >= 4 is 5.69 Å². The third-order valence-corrected chi connectivity index (χ3v) is 3.63. The molecule has 1 fully saturated rings. The zero-order valence-electron chi connectivity index (χ0n) is 11.0. The van der Waals surface area contributed by atoms with Crippen molar-refractivity contribution < 1.29 is 5.11 Å². The monoisotopic (exact) mass is 245 g/mol. The molecule has 1 N–H and O–H groups in total. The summed E-state index contributed by atoms with van der Waals surface area (Å²) < 4.78 is 0. The van der Waals surface area contributed by atoms with Crippen molar-refractivity contribution in [3.63, 3.8) is 0 Å². The quantitative estimate of drug-likeness (QED) is 0.862. The molecule has 96 valence electrons. The van der Waals surface area contributed by atoms with E-state index in [0.717, 1.165) is 43.0 Å². The molecule has 4 heteroatoms. The molecule has 1 saturated heterocycles. The third kappa shape index (κ3) is 2.46. The molecule has 4 nitrogen and oxygen atoms in total. The lowest BCUT2D eigenvalue weighted by Crippen LogP contribution is -2.35. The van der Waals surface area contributed by atoms with E-state index in [1.165, 1.54) is 0 Å². The number of aromatic nitrogens is 1. The van der Waals surface area contributed by atoms with Crippen LogP contribution in [0.4, 0.5) is 5.69 Å². The number of aliphatic hydroxyl groups excluding tert-OH is 1. The van der Waals surface area contributed by atoms with E-state index in [2.05, 4.69) is 16.0 Å². The van der Waals surface area contributed by atoms with Crippen LogP contribution in [0.25, 0.3) is 0 Å². The molecule has 1 aliphatic rings. The van der Waals surface area contributed by atoms with Crippen LogP contribution in [0, 0.1) is 31.1 Å². The SMILES string of the molecule is Cc1cc(N2CCC(CO)CC2)c(C#N)c(C)n1. The van der Waals surface area contributed by atoms with Crippen molar-refractivity contribution in [1.29, 1.82) is 5.26 Å². The topological polar surface area (TPSA) is 60.1 Å². The van der Waals surface area contributed by atoms with Gasteiger partial charge in [-0.2, -0.15) is 5.26 Å². The van der Waals surface area contributed by atoms with Gasteiger partial charge in [-0.15, -0.1) is 0 Å². The predicted octanol–water partition coefficient (Wildman–Crippen LogP) is 1.78. The highest BCUT2D eigenvalue weighted by Crippen LogP contribution is 2.27. The number of piperidine rings is 1. The van der Waals surface area contributed by atoms with E-state index in [1.54, 1.807) is 0 Å². The number of hydrogen-bond acceptors (Lipinski definition) is 4. The highest BCUT2D eigenvalue weighted by atomic mass is 16.3. The fraction of sp³-hybridized carbons (Fsp3) is 0.571. The number of nitrogens with zero attached hydrogens (tertiary/aromatic N) is 3. The fourth-order valence-corrected chi connectivity index (χ4v) is 2.55. The maximum absolute atomic E-state index is 9.26. The van der Waals surface area contributed by atoms with Crippen molar-refractivity contribution in [3.05, 3.63) is 23.0 Å². The zero-order chi connectivity index (χ0) is 13.1. The number of aliphatic hydroxyl groups is 1. The van der Waals surface area contributed by atoms with E-state index in [9.17, 15) is 5.26 Å². The van der Waals surface area contributed by atoms with Gasteiger partial charge in [-0.1, -0.05) is 0 Å². The first kappa shape index (κ1) is 12.8. The van der Waals surface area contributed by atoms with E-state index < -0.39 is 0 Å². The Hall–Kier alpha value is -1.60. The van der Waals surface area contributed by atoms with Gasteiger partial charge in [-0.05, 0) is 38.7 Å². The Kier molecular flexibility index (Phi) is 3.83. The summed E-state index contributed by atoms with van der Waals surface area (Å²) in [5.41, 5.74) is 3.43. The lowest BCUT2D eigenvalue weighted by atomic mass is 9.97. The lowest BCUT2D eigenvalue weighted by Gasteiger charge is -2.33.